The molecule has 0 bridgehead atoms. The number of aromatic amines is 1. The highest BCUT2D eigenvalue weighted by Gasteiger charge is 2.05. The molecule has 0 radical (unpaired) electrons. The second kappa shape index (κ2) is 7.46. The fraction of sp³-hybridized carbons (Fsp3) is 0.231. The van der Waals surface area contributed by atoms with Gasteiger partial charge in [-0.15, -0.1) is 5.10 Å². The van der Waals surface area contributed by atoms with Gasteiger partial charge in [0.05, 0.1) is 18.6 Å². The summed E-state index contributed by atoms with van der Waals surface area (Å²) >= 11 is 1.15. The average molecular weight is 320 g/mol. The lowest BCUT2D eigenvalue weighted by Gasteiger charge is -2.03. The second-order valence-electron chi connectivity index (χ2n) is 4.26. The largest absolute Gasteiger partial charge is 0.497 e. The Morgan fingerprint density at radius 1 is 1.45 bits per heavy atom. The molecule has 2 aromatic rings. The third-order valence-corrected chi connectivity index (χ3v) is 3.52. The van der Waals surface area contributed by atoms with E-state index in [4.69, 9.17) is 10.5 Å². The van der Waals surface area contributed by atoms with E-state index in [2.05, 4.69) is 25.7 Å². The number of rotatable bonds is 7. The van der Waals surface area contributed by atoms with Crippen molar-refractivity contribution in [2.45, 2.75) is 12.1 Å². The summed E-state index contributed by atoms with van der Waals surface area (Å²) in [6.45, 7) is 1.87. The Bertz CT molecular complexity index is 667. The van der Waals surface area contributed by atoms with Gasteiger partial charge < -0.3 is 10.5 Å². The minimum Gasteiger partial charge on any atom is -0.497 e. The van der Waals surface area contributed by atoms with Crippen molar-refractivity contribution in [1.29, 1.82) is 0 Å². The van der Waals surface area contributed by atoms with Crippen molar-refractivity contribution in [2.24, 2.45) is 10.8 Å². The van der Waals surface area contributed by atoms with Gasteiger partial charge in [-0.05, 0) is 36.8 Å². The number of benzene rings is 1. The maximum Gasteiger partial charge on any atom is 0.240 e. The van der Waals surface area contributed by atoms with Crippen LogP contribution in [0.5, 0.6) is 5.75 Å². The zero-order chi connectivity index (χ0) is 15.9. The van der Waals surface area contributed by atoms with Crippen LogP contribution in [0.3, 0.4) is 0 Å². The van der Waals surface area contributed by atoms with Crippen molar-refractivity contribution in [2.75, 3.05) is 18.3 Å². The Hall–Kier alpha value is -2.55. The minimum absolute atomic E-state index is 0.130. The van der Waals surface area contributed by atoms with Gasteiger partial charge in [0.2, 0.25) is 17.0 Å². The summed E-state index contributed by atoms with van der Waals surface area (Å²) in [6, 6.07) is 7.55. The number of hydrogen-bond acceptors (Lipinski definition) is 7. The lowest BCUT2D eigenvalue weighted by Crippen LogP contribution is -2.13. The van der Waals surface area contributed by atoms with E-state index in [1.807, 2.05) is 31.2 Å². The number of aromatic nitrogens is 3. The third kappa shape index (κ3) is 4.48. The van der Waals surface area contributed by atoms with Crippen LogP contribution >= 0.6 is 11.8 Å². The molecule has 1 heterocycles. The van der Waals surface area contributed by atoms with E-state index in [0.29, 0.717) is 11.1 Å². The minimum atomic E-state index is -0.419. The van der Waals surface area contributed by atoms with Crippen LogP contribution in [0.2, 0.25) is 0 Å². The summed E-state index contributed by atoms with van der Waals surface area (Å²) in [5.74, 6) is 0.888. The van der Waals surface area contributed by atoms with Crippen molar-refractivity contribution in [1.82, 2.24) is 15.2 Å². The Balaban J connectivity index is 1.96. The fourth-order valence-corrected chi connectivity index (χ4v) is 2.07. The predicted octanol–water partition coefficient (Wildman–Crippen LogP) is 1.23. The maximum atomic E-state index is 10.7. The van der Waals surface area contributed by atoms with Gasteiger partial charge in [0, 0.05) is 0 Å². The number of ether oxygens (including phenoxy) is 1. The molecule has 1 aromatic heterocycles. The van der Waals surface area contributed by atoms with Crippen LogP contribution in [0.1, 0.15) is 12.5 Å². The van der Waals surface area contributed by atoms with Crippen LogP contribution < -0.4 is 15.9 Å². The van der Waals surface area contributed by atoms with Crippen molar-refractivity contribution in [3.63, 3.8) is 0 Å². The maximum absolute atomic E-state index is 10.7. The first-order chi connectivity index (χ1) is 10.6. The van der Waals surface area contributed by atoms with Crippen LogP contribution in [0.15, 0.2) is 34.5 Å². The highest BCUT2D eigenvalue weighted by atomic mass is 32.2. The number of methoxy groups -OCH3 is 1. The van der Waals surface area contributed by atoms with Crippen molar-refractivity contribution in [3.05, 3.63) is 29.8 Å². The molecule has 1 aromatic carbocycles. The van der Waals surface area contributed by atoms with Crippen LogP contribution in [-0.2, 0) is 4.79 Å². The standard InChI is InChI=1S/C13H16N6O2S/c1-8(9-3-5-10(21-2)6-4-9)16-17-12-15-13(19-18-12)22-7-11(14)20/h3-6H,7H2,1-2H3,(H2,14,20)(H2,15,17,18,19)/b16-8+. The molecule has 0 saturated heterocycles. The van der Waals surface area contributed by atoms with Gasteiger partial charge >= 0.3 is 0 Å². The zero-order valence-electron chi connectivity index (χ0n) is 12.2. The van der Waals surface area contributed by atoms with E-state index in [0.717, 1.165) is 28.8 Å². The van der Waals surface area contributed by atoms with Gasteiger partial charge in [0.25, 0.3) is 0 Å². The molecule has 0 aliphatic rings. The number of primary amides is 1. The van der Waals surface area contributed by atoms with Gasteiger partial charge in [-0.3, -0.25) is 4.79 Å². The van der Waals surface area contributed by atoms with E-state index >= 15 is 0 Å². The summed E-state index contributed by atoms with van der Waals surface area (Å²) < 4.78 is 5.11. The number of amides is 1. The van der Waals surface area contributed by atoms with E-state index in [1.165, 1.54) is 0 Å². The molecule has 0 fully saturated rings. The number of nitrogens with zero attached hydrogens (tertiary/aromatic N) is 3. The van der Waals surface area contributed by atoms with Crippen molar-refractivity contribution in [3.8, 4) is 5.75 Å². The third-order valence-electron chi connectivity index (χ3n) is 2.65. The first-order valence-corrected chi connectivity index (χ1v) is 7.35. The molecule has 1 amide bonds. The van der Waals surface area contributed by atoms with Crippen LogP contribution in [0.4, 0.5) is 5.95 Å². The molecule has 0 aliphatic carbocycles. The number of carbonyl (C=O) groups excluding carboxylic acids is 1. The lowest BCUT2D eigenvalue weighted by molar-refractivity contribution is -0.115. The summed E-state index contributed by atoms with van der Waals surface area (Å²) in [6.07, 6.45) is 0. The molecule has 0 atom stereocenters. The molecular formula is C13H16N6O2S. The van der Waals surface area contributed by atoms with E-state index in [-0.39, 0.29) is 5.75 Å². The summed E-state index contributed by atoms with van der Waals surface area (Å²) in [4.78, 5) is 14.8. The molecule has 4 N–H and O–H groups in total. The molecule has 116 valence electrons. The number of nitrogens with one attached hydrogen (secondary N) is 2. The number of hydrogen-bond donors (Lipinski definition) is 3. The van der Waals surface area contributed by atoms with E-state index in [9.17, 15) is 4.79 Å². The molecule has 0 unspecified atom stereocenters. The average Bonchev–Trinajstić information content (AvgIpc) is 2.98. The summed E-state index contributed by atoms with van der Waals surface area (Å²) in [7, 11) is 1.62. The molecule has 0 aliphatic heterocycles. The number of anilines is 1. The van der Waals surface area contributed by atoms with E-state index < -0.39 is 5.91 Å². The Morgan fingerprint density at radius 2 is 2.18 bits per heavy atom. The molecule has 8 nitrogen and oxygen atoms in total. The Morgan fingerprint density at radius 3 is 2.82 bits per heavy atom. The van der Waals surface area contributed by atoms with Gasteiger partial charge in [0.1, 0.15) is 5.75 Å². The van der Waals surface area contributed by atoms with Crippen LogP contribution in [0.25, 0.3) is 0 Å². The number of thioether (sulfide) groups is 1. The van der Waals surface area contributed by atoms with Crippen molar-refractivity contribution >= 4 is 29.3 Å². The smallest absolute Gasteiger partial charge is 0.240 e. The molecular weight excluding hydrogens is 304 g/mol. The predicted molar refractivity (Wildman–Crippen MR) is 85.1 cm³/mol. The van der Waals surface area contributed by atoms with Gasteiger partial charge in [-0.2, -0.15) is 10.1 Å². The fourth-order valence-electron chi connectivity index (χ4n) is 1.53. The van der Waals surface area contributed by atoms with Gasteiger partial charge in [-0.25, -0.2) is 10.5 Å². The molecule has 22 heavy (non-hydrogen) atoms. The first kappa shape index (κ1) is 15.8. The Labute approximate surface area is 131 Å². The second-order valence-corrected chi connectivity index (χ2v) is 5.20. The Kier molecular flexibility index (Phi) is 5.37. The number of H-pyrrole nitrogens is 1. The first-order valence-electron chi connectivity index (χ1n) is 6.36. The topological polar surface area (TPSA) is 118 Å². The quantitative estimate of drug-likeness (QED) is 0.401. The molecule has 0 spiro atoms. The van der Waals surface area contributed by atoms with E-state index in [1.54, 1.807) is 7.11 Å². The normalized spacial score (nSPS) is 11.3. The monoisotopic (exact) mass is 320 g/mol. The van der Waals surface area contributed by atoms with Crippen molar-refractivity contribution < 1.29 is 9.53 Å². The lowest BCUT2D eigenvalue weighted by atomic mass is 10.1. The van der Waals surface area contributed by atoms with Gasteiger partial charge in [-0.1, -0.05) is 11.8 Å². The number of nitrogens with two attached hydrogens (primary N) is 1. The number of carbonyl (C=O) groups is 1. The molecule has 9 heteroatoms. The zero-order valence-corrected chi connectivity index (χ0v) is 13.0. The van der Waals surface area contributed by atoms with Gasteiger partial charge in [0.15, 0.2) is 0 Å². The molecule has 0 saturated carbocycles. The highest BCUT2D eigenvalue weighted by molar-refractivity contribution is 7.99. The molecule has 2 rings (SSSR count). The summed E-state index contributed by atoms with van der Waals surface area (Å²) in [5, 5.41) is 11.3. The summed E-state index contributed by atoms with van der Waals surface area (Å²) in [5.41, 5.74) is 9.57. The highest BCUT2D eigenvalue weighted by Crippen LogP contribution is 2.14. The van der Waals surface area contributed by atoms with Crippen LogP contribution in [0, 0.1) is 0 Å². The number of hydrazone groups is 1. The van der Waals surface area contributed by atoms with Crippen LogP contribution in [-0.4, -0.2) is 39.7 Å². The SMILES string of the molecule is COc1ccc(/C(C)=N/Nc2nc(SCC(N)=O)n[nH]2)cc1.